The van der Waals surface area contributed by atoms with Crippen LogP contribution in [-0.4, -0.2) is 42.7 Å². The van der Waals surface area contributed by atoms with Gasteiger partial charge in [0.15, 0.2) is 0 Å². The molecule has 0 atom stereocenters. The number of aromatic nitrogens is 3. The standard InChI is InChI=1S/C22H28N4O4S/c1-14(2)10-26(21-9-23-16(4)7-15(21)3)31(28,29)18-5-6-20-19(8-18)24-22(27)25(20)11-17-12-30-13-17/h5-9,14,17H,10-13H2,1-4H3,(H,24,27). The van der Waals surface area contributed by atoms with E-state index in [1.54, 1.807) is 29.0 Å². The van der Waals surface area contributed by atoms with Gasteiger partial charge < -0.3 is 9.72 Å². The molecule has 1 aliphatic heterocycles. The Morgan fingerprint density at radius 2 is 2.00 bits per heavy atom. The molecule has 1 fully saturated rings. The molecule has 0 radical (unpaired) electrons. The Kier molecular flexibility index (Phi) is 5.65. The van der Waals surface area contributed by atoms with Crippen molar-refractivity contribution in [1.29, 1.82) is 0 Å². The molecule has 0 aliphatic carbocycles. The van der Waals surface area contributed by atoms with Gasteiger partial charge in [-0.3, -0.25) is 13.9 Å². The van der Waals surface area contributed by atoms with Crippen LogP contribution in [0.25, 0.3) is 11.0 Å². The summed E-state index contributed by atoms with van der Waals surface area (Å²) in [6.45, 7) is 9.87. The lowest BCUT2D eigenvalue weighted by Gasteiger charge is -2.27. The second-order valence-electron chi connectivity index (χ2n) is 8.67. The van der Waals surface area contributed by atoms with Gasteiger partial charge in [0.1, 0.15) is 0 Å². The van der Waals surface area contributed by atoms with E-state index in [-0.39, 0.29) is 16.5 Å². The molecule has 1 N–H and O–H groups in total. The zero-order valence-electron chi connectivity index (χ0n) is 18.3. The molecular formula is C22H28N4O4S. The van der Waals surface area contributed by atoms with Gasteiger partial charge in [0.2, 0.25) is 0 Å². The summed E-state index contributed by atoms with van der Waals surface area (Å²) < 4.78 is 35.6. The molecule has 4 rings (SSSR count). The van der Waals surface area contributed by atoms with E-state index in [0.717, 1.165) is 11.3 Å². The number of hydrogen-bond donors (Lipinski definition) is 1. The van der Waals surface area contributed by atoms with Crippen LogP contribution in [0.5, 0.6) is 0 Å². The van der Waals surface area contributed by atoms with E-state index in [4.69, 9.17) is 4.74 Å². The van der Waals surface area contributed by atoms with E-state index < -0.39 is 10.0 Å². The van der Waals surface area contributed by atoms with E-state index in [1.165, 1.54) is 4.31 Å². The first-order chi connectivity index (χ1) is 14.7. The zero-order chi connectivity index (χ0) is 22.3. The highest BCUT2D eigenvalue weighted by atomic mass is 32.2. The summed E-state index contributed by atoms with van der Waals surface area (Å²) in [7, 11) is -3.85. The van der Waals surface area contributed by atoms with Crippen molar-refractivity contribution < 1.29 is 13.2 Å². The predicted octanol–water partition coefficient (Wildman–Crippen LogP) is 2.84. The van der Waals surface area contributed by atoms with Gasteiger partial charge in [-0.15, -0.1) is 0 Å². The molecule has 0 saturated carbocycles. The molecule has 0 spiro atoms. The van der Waals surface area contributed by atoms with Crippen LogP contribution in [0, 0.1) is 25.7 Å². The Bertz CT molecular complexity index is 1270. The maximum Gasteiger partial charge on any atom is 0.326 e. The lowest BCUT2D eigenvalue weighted by Crippen LogP contribution is -2.35. The van der Waals surface area contributed by atoms with Crippen molar-refractivity contribution in [2.45, 2.75) is 39.1 Å². The number of fused-ring (bicyclic) bond motifs is 1. The first-order valence-corrected chi connectivity index (χ1v) is 11.9. The summed E-state index contributed by atoms with van der Waals surface area (Å²) in [6.07, 6.45) is 1.61. The average molecular weight is 445 g/mol. The minimum Gasteiger partial charge on any atom is -0.381 e. The fraction of sp³-hybridized carbons (Fsp3) is 0.455. The third-order valence-corrected chi connectivity index (χ3v) is 7.28. The average Bonchev–Trinajstić information content (AvgIpc) is 2.97. The van der Waals surface area contributed by atoms with E-state index in [2.05, 4.69) is 9.97 Å². The number of pyridine rings is 1. The highest BCUT2D eigenvalue weighted by Gasteiger charge is 2.28. The molecule has 9 heteroatoms. The summed E-state index contributed by atoms with van der Waals surface area (Å²) in [5.74, 6) is 0.420. The van der Waals surface area contributed by atoms with Gasteiger partial charge in [-0.1, -0.05) is 13.8 Å². The lowest BCUT2D eigenvalue weighted by molar-refractivity contribution is -0.0392. The Labute approximate surface area is 181 Å². The van der Waals surface area contributed by atoms with Gasteiger partial charge in [0.25, 0.3) is 10.0 Å². The number of aromatic amines is 1. The van der Waals surface area contributed by atoms with Crippen molar-refractivity contribution in [2.75, 3.05) is 24.1 Å². The molecule has 0 unspecified atom stereocenters. The zero-order valence-corrected chi connectivity index (χ0v) is 19.1. The van der Waals surface area contributed by atoms with Crippen molar-refractivity contribution in [2.24, 2.45) is 11.8 Å². The van der Waals surface area contributed by atoms with E-state index in [9.17, 15) is 13.2 Å². The highest BCUT2D eigenvalue weighted by Crippen LogP contribution is 2.29. The van der Waals surface area contributed by atoms with Crippen molar-refractivity contribution in [3.63, 3.8) is 0 Å². The van der Waals surface area contributed by atoms with Crippen LogP contribution in [0.15, 0.2) is 40.2 Å². The predicted molar refractivity (Wildman–Crippen MR) is 120 cm³/mol. The van der Waals surface area contributed by atoms with Gasteiger partial charge in [0.05, 0.1) is 41.0 Å². The smallest absolute Gasteiger partial charge is 0.326 e. The first kappa shape index (κ1) is 21.6. The quantitative estimate of drug-likeness (QED) is 0.604. The van der Waals surface area contributed by atoms with Gasteiger partial charge in [-0.2, -0.15) is 0 Å². The lowest BCUT2D eigenvalue weighted by atomic mass is 10.1. The molecule has 0 amide bonds. The van der Waals surface area contributed by atoms with Crippen molar-refractivity contribution >= 4 is 26.7 Å². The number of hydrogen-bond acceptors (Lipinski definition) is 5. The molecule has 1 aromatic carbocycles. The number of rotatable bonds is 7. The number of imidazole rings is 1. The van der Waals surface area contributed by atoms with Crippen LogP contribution in [-0.2, 0) is 21.3 Å². The van der Waals surface area contributed by atoms with Crippen molar-refractivity contribution in [3.8, 4) is 0 Å². The number of nitrogens with zero attached hydrogens (tertiary/aromatic N) is 3. The number of benzene rings is 1. The normalized spacial score (nSPS) is 14.9. The number of sulfonamides is 1. The Morgan fingerprint density at radius 1 is 1.26 bits per heavy atom. The minimum absolute atomic E-state index is 0.116. The third kappa shape index (κ3) is 4.12. The Balaban J connectivity index is 1.76. The van der Waals surface area contributed by atoms with Crippen LogP contribution < -0.4 is 9.99 Å². The monoisotopic (exact) mass is 444 g/mol. The minimum atomic E-state index is -3.85. The number of anilines is 1. The maximum absolute atomic E-state index is 13.7. The van der Waals surface area contributed by atoms with Crippen LogP contribution in [0.3, 0.4) is 0 Å². The number of nitrogens with one attached hydrogen (secondary N) is 1. The van der Waals surface area contributed by atoms with Gasteiger partial charge in [-0.05, 0) is 49.6 Å². The third-order valence-electron chi connectivity index (χ3n) is 5.50. The Hall–Kier alpha value is -2.65. The number of aryl methyl sites for hydroxylation is 2. The molecule has 0 bridgehead atoms. The molecule has 1 saturated heterocycles. The van der Waals surface area contributed by atoms with Crippen LogP contribution in [0.1, 0.15) is 25.1 Å². The summed E-state index contributed by atoms with van der Waals surface area (Å²) in [6, 6.07) is 6.70. The fourth-order valence-corrected chi connectivity index (χ4v) is 5.57. The number of ether oxygens (including phenoxy) is 1. The van der Waals surface area contributed by atoms with Gasteiger partial charge >= 0.3 is 5.69 Å². The van der Waals surface area contributed by atoms with Crippen LogP contribution >= 0.6 is 0 Å². The highest BCUT2D eigenvalue weighted by molar-refractivity contribution is 7.92. The summed E-state index contributed by atoms with van der Waals surface area (Å²) in [5.41, 5.74) is 3.21. The maximum atomic E-state index is 13.7. The molecule has 166 valence electrons. The number of H-pyrrole nitrogens is 1. The van der Waals surface area contributed by atoms with Gasteiger partial charge in [-0.25, -0.2) is 13.2 Å². The Morgan fingerprint density at radius 3 is 2.61 bits per heavy atom. The molecule has 31 heavy (non-hydrogen) atoms. The van der Waals surface area contributed by atoms with Crippen molar-refractivity contribution in [1.82, 2.24) is 14.5 Å². The van der Waals surface area contributed by atoms with Crippen LogP contribution in [0.2, 0.25) is 0 Å². The molecule has 1 aliphatic rings. The molecule has 3 aromatic rings. The molecular weight excluding hydrogens is 416 g/mol. The molecule has 8 nitrogen and oxygen atoms in total. The molecule has 2 aromatic heterocycles. The van der Waals surface area contributed by atoms with Gasteiger partial charge in [0, 0.05) is 24.7 Å². The SMILES string of the molecule is Cc1cc(C)c(N(CC(C)C)S(=O)(=O)c2ccc3c(c2)[nH]c(=O)n3CC2COC2)cn1. The van der Waals surface area contributed by atoms with E-state index >= 15 is 0 Å². The summed E-state index contributed by atoms with van der Waals surface area (Å²) in [5, 5.41) is 0. The van der Waals surface area contributed by atoms with E-state index in [0.29, 0.717) is 48.9 Å². The molecule has 3 heterocycles. The first-order valence-electron chi connectivity index (χ1n) is 10.4. The summed E-state index contributed by atoms with van der Waals surface area (Å²) in [4.78, 5) is 19.7. The second-order valence-corrected chi connectivity index (χ2v) is 10.5. The summed E-state index contributed by atoms with van der Waals surface area (Å²) >= 11 is 0. The second kappa shape index (κ2) is 8.12. The van der Waals surface area contributed by atoms with E-state index in [1.807, 2.05) is 33.8 Å². The largest absolute Gasteiger partial charge is 0.381 e. The van der Waals surface area contributed by atoms with Crippen LogP contribution in [0.4, 0.5) is 5.69 Å². The van der Waals surface area contributed by atoms with Crippen molar-refractivity contribution in [3.05, 3.63) is 52.2 Å². The fourth-order valence-electron chi connectivity index (χ4n) is 3.87. The topological polar surface area (TPSA) is 97.3 Å².